The van der Waals surface area contributed by atoms with Gasteiger partial charge in [0, 0.05) is 18.8 Å². The van der Waals surface area contributed by atoms with Crippen LogP contribution in [0.5, 0.6) is 0 Å². The van der Waals surface area contributed by atoms with Crippen LogP contribution < -0.4 is 5.32 Å². The van der Waals surface area contributed by atoms with Gasteiger partial charge in [0.1, 0.15) is 24.9 Å². The van der Waals surface area contributed by atoms with Crippen LogP contribution in [-0.2, 0) is 0 Å². The van der Waals surface area contributed by atoms with Gasteiger partial charge in [-0.15, -0.1) is 0 Å². The standard InChI is InChI=1S/C21H33N5O4/c1-15-6-7-16(26-14-22-13-24-26)10-17(15)23-8-4-2-3-5-9-25-11-19(28)21(30)20(29)18(25)12-27/h6-7,10,13-14,18-21,23,27-30H,2-5,8-9,11-12H2,1H3/t18-,19+,20-,21-/m1/s1. The third-order valence-electron chi connectivity index (χ3n) is 5.81. The van der Waals surface area contributed by atoms with E-state index in [0.717, 1.165) is 43.6 Å². The number of piperidine rings is 1. The fraction of sp³-hybridized carbons (Fsp3) is 0.619. The van der Waals surface area contributed by atoms with E-state index >= 15 is 0 Å². The van der Waals surface area contributed by atoms with Crippen LogP contribution >= 0.6 is 0 Å². The van der Waals surface area contributed by atoms with E-state index in [4.69, 9.17) is 0 Å². The average molecular weight is 420 g/mol. The molecule has 0 radical (unpaired) electrons. The summed E-state index contributed by atoms with van der Waals surface area (Å²) in [4.78, 5) is 5.86. The van der Waals surface area contributed by atoms with Gasteiger partial charge in [0.05, 0.1) is 24.4 Å². The molecule has 5 N–H and O–H groups in total. The van der Waals surface area contributed by atoms with Crippen LogP contribution in [0.2, 0.25) is 0 Å². The molecule has 9 heteroatoms. The van der Waals surface area contributed by atoms with Crippen molar-refractivity contribution in [2.75, 3.05) is 31.6 Å². The van der Waals surface area contributed by atoms with Crippen molar-refractivity contribution in [3.63, 3.8) is 0 Å². The van der Waals surface area contributed by atoms with Crippen LogP contribution in [0.1, 0.15) is 31.2 Å². The molecule has 30 heavy (non-hydrogen) atoms. The molecule has 0 spiro atoms. The van der Waals surface area contributed by atoms with E-state index in [1.54, 1.807) is 11.0 Å². The Balaban J connectivity index is 1.36. The van der Waals surface area contributed by atoms with Gasteiger partial charge in [0.2, 0.25) is 0 Å². The maximum atomic E-state index is 10.0. The van der Waals surface area contributed by atoms with Crippen molar-refractivity contribution in [2.24, 2.45) is 0 Å². The Bertz CT molecular complexity index is 773. The third kappa shape index (κ3) is 5.55. The van der Waals surface area contributed by atoms with Crippen LogP contribution in [0.3, 0.4) is 0 Å². The predicted octanol–water partition coefficient (Wildman–Crippen LogP) is 0.307. The molecule has 0 aliphatic carbocycles. The number of nitrogens with one attached hydrogen (secondary N) is 1. The van der Waals surface area contributed by atoms with Crippen molar-refractivity contribution in [3.8, 4) is 5.69 Å². The molecule has 1 saturated heterocycles. The molecule has 1 fully saturated rings. The fourth-order valence-electron chi connectivity index (χ4n) is 3.94. The largest absolute Gasteiger partial charge is 0.395 e. The van der Waals surface area contributed by atoms with E-state index in [0.29, 0.717) is 6.54 Å². The Morgan fingerprint density at radius 2 is 1.90 bits per heavy atom. The number of rotatable bonds is 10. The molecule has 9 nitrogen and oxygen atoms in total. The van der Waals surface area contributed by atoms with Crippen molar-refractivity contribution in [2.45, 2.75) is 57.0 Å². The van der Waals surface area contributed by atoms with Crippen molar-refractivity contribution >= 4 is 5.69 Å². The number of aromatic nitrogens is 3. The van der Waals surface area contributed by atoms with E-state index in [-0.39, 0.29) is 13.2 Å². The van der Waals surface area contributed by atoms with E-state index in [9.17, 15) is 20.4 Å². The molecule has 3 rings (SSSR count). The molecule has 0 amide bonds. The number of β-amino-alcohol motifs (C(OH)–C–C–N with tert-alkyl or cyclic N) is 1. The fourth-order valence-corrected chi connectivity index (χ4v) is 3.94. The normalized spacial score (nSPS) is 24.8. The summed E-state index contributed by atoms with van der Waals surface area (Å²) in [6.07, 6.45) is 3.90. The predicted molar refractivity (Wildman–Crippen MR) is 114 cm³/mol. The number of hydrogen-bond donors (Lipinski definition) is 5. The number of benzene rings is 1. The minimum absolute atomic E-state index is 0.234. The molecule has 0 unspecified atom stereocenters. The molecule has 1 aromatic heterocycles. The molecule has 0 bridgehead atoms. The van der Waals surface area contributed by atoms with E-state index < -0.39 is 24.4 Å². The first kappa shape index (κ1) is 22.6. The third-order valence-corrected chi connectivity index (χ3v) is 5.81. The number of likely N-dealkylation sites (tertiary alicyclic amines) is 1. The zero-order chi connectivity index (χ0) is 21.5. The lowest BCUT2D eigenvalue weighted by molar-refractivity contribution is -0.145. The summed E-state index contributed by atoms with van der Waals surface area (Å²) in [5.41, 5.74) is 3.23. The Labute approximate surface area is 177 Å². The summed E-state index contributed by atoms with van der Waals surface area (Å²) in [5.74, 6) is 0. The Hall–Kier alpha value is -2.04. The maximum Gasteiger partial charge on any atom is 0.138 e. The first-order valence-corrected chi connectivity index (χ1v) is 10.6. The van der Waals surface area contributed by atoms with Gasteiger partial charge in [-0.3, -0.25) is 4.90 Å². The minimum Gasteiger partial charge on any atom is -0.395 e. The molecule has 1 aliphatic rings. The summed E-state index contributed by atoms with van der Waals surface area (Å²) in [6, 6.07) is 5.63. The topological polar surface area (TPSA) is 127 Å². The minimum atomic E-state index is -1.20. The Morgan fingerprint density at radius 1 is 1.10 bits per heavy atom. The summed E-state index contributed by atoms with van der Waals surface area (Å²) < 4.78 is 1.73. The lowest BCUT2D eigenvalue weighted by Gasteiger charge is -2.43. The summed E-state index contributed by atoms with van der Waals surface area (Å²) in [6.45, 7) is 3.66. The SMILES string of the molecule is Cc1ccc(-n2cncn2)cc1NCCCCCCN1C[C@H](O)[C@@H](O)[C@H](O)[C@H]1CO. The second-order valence-corrected chi connectivity index (χ2v) is 7.97. The number of hydrogen-bond acceptors (Lipinski definition) is 8. The van der Waals surface area contributed by atoms with E-state index in [1.165, 1.54) is 11.9 Å². The number of aliphatic hydroxyl groups excluding tert-OH is 4. The molecule has 4 atom stereocenters. The quantitative estimate of drug-likeness (QED) is 0.348. The van der Waals surface area contributed by atoms with Crippen molar-refractivity contribution < 1.29 is 20.4 Å². The first-order valence-electron chi connectivity index (χ1n) is 10.6. The van der Waals surface area contributed by atoms with Crippen molar-refractivity contribution in [1.82, 2.24) is 19.7 Å². The Morgan fingerprint density at radius 3 is 2.63 bits per heavy atom. The molecular weight excluding hydrogens is 386 g/mol. The van der Waals surface area contributed by atoms with Gasteiger partial charge in [0.15, 0.2) is 0 Å². The molecule has 0 saturated carbocycles. The van der Waals surface area contributed by atoms with Crippen LogP contribution in [0.25, 0.3) is 5.69 Å². The zero-order valence-corrected chi connectivity index (χ0v) is 17.4. The van der Waals surface area contributed by atoms with Gasteiger partial charge in [-0.05, 0) is 44.0 Å². The number of anilines is 1. The number of unbranched alkanes of at least 4 members (excludes halogenated alkanes) is 3. The van der Waals surface area contributed by atoms with E-state index in [1.807, 2.05) is 11.0 Å². The molecule has 2 aromatic rings. The summed E-state index contributed by atoms with van der Waals surface area (Å²) in [5, 5.41) is 46.8. The van der Waals surface area contributed by atoms with Gasteiger partial charge in [-0.1, -0.05) is 18.9 Å². The van der Waals surface area contributed by atoms with Crippen molar-refractivity contribution in [1.29, 1.82) is 0 Å². The second-order valence-electron chi connectivity index (χ2n) is 7.97. The van der Waals surface area contributed by atoms with Gasteiger partial charge in [-0.2, -0.15) is 5.10 Å². The molecule has 166 valence electrons. The summed E-state index contributed by atoms with van der Waals surface area (Å²) in [7, 11) is 0. The average Bonchev–Trinajstić information content (AvgIpc) is 3.27. The van der Waals surface area contributed by atoms with Gasteiger partial charge in [-0.25, -0.2) is 9.67 Å². The van der Waals surface area contributed by atoms with Crippen LogP contribution in [0.15, 0.2) is 30.9 Å². The second kappa shape index (κ2) is 10.8. The maximum absolute atomic E-state index is 10.0. The van der Waals surface area contributed by atoms with Crippen LogP contribution in [-0.4, -0.2) is 90.7 Å². The Kier molecular flexibility index (Phi) is 8.17. The smallest absolute Gasteiger partial charge is 0.138 e. The molecule has 1 aliphatic heterocycles. The monoisotopic (exact) mass is 419 g/mol. The van der Waals surface area contributed by atoms with Gasteiger partial charge in [0.25, 0.3) is 0 Å². The highest BCUT2D eigenvalue weighted by Gasteiger charge is 2.40. The van der Waals surface area contributed by atoms with Gasteiger partial charge < -0.3 is 25.7 Å². The zero-order valence-electron chi connectivity index (χ0n) is 17.4. The van der Waals surface area contributed by atoms with E-state index in [2.05, 4.69) is 34.5 Å². The highest BCUT2D eigenvalue weighted by molar-refractivity contribution is 5.56. The van der Waals surface area contributed by atoms with Crippen LogP contribution in [0, 0.1) is 6.92 Å². The number of aliphatic hydroxyl groups is 4. The number of nitrogens with zero attached hydrogens (tertiary/aromatic N) is 4. The lowest BCUT2D eigenvalue weighted by atomic mass is 9.94. The van der Waals surface area contributed by atoms with Gasteiger partial charge >= 0.3 is 0 Å². The molecule has 1 aromatic carbocycles. The highest BCUT2D eigenvalue weighted by Crippen LogP contribution is 2.21. The van der Waals surface area contributed by atoms with Crippen molar-refractivity contribution in [3.05, 3.63) is 36.4 Å². The summed E-state index contributed by atoms with van der Waals surface area (Å²) >= 11 is 0. The van der Waals surface area contributed by atoms with Crippen LogP contribution in [0.4, 0.5) is 5.69 Å². The highest BCUT2D eigenvalue weighted by atomic mass is 16.4. The molecule has 2 heterocycles. The first-order chi connectivity index (χ1) is 14.5. The number of aryl methyl sites for hydroxylation is 1. The lowest BCUT2D eigenvalue weighted by Crippen LogP contribution is -2.62. The molecular formula is C21H33N5O4.